The van der Waals surface area contributed by atoms with Crippen molar-refractivity contribution in [2.24, 2.45) is 5.10 Å². The molecule has 182 valence electrons. The van der Waals surface area contributed by atoms with Gasteiger partial charge in [0.1, 0.15) is 6.61 Å². The molecule has 0 aliphatic carbocycles. The molecule has 4 aromatic rings. The van der Waals surface area contributed by atoms with Crippen LogP contribution < -0.4 is 14.9 Å². The number of nitrogens with zero attached hydrogens (tertiary/aromatic N) is 2. The standard InChI is InChI=1S/C27H22BrN3O5/c1-2-35-25-15-19(14-24(28)26(25)36-17-18-10-12-21(13-11-18)31(33)34)16-29-30-27(32)23-9-5-7-20-6-3-4-8-22(20)23/h3-16H,2,17H2,1H3,(H,30,32)/b29-16-. The third kappa shape index (κ3) is 5.87. The Labute approximate surface area is 215 Å². The minimum atomic E-state index is -0.445. The van der Waals surface area contributed by atoms with E-state index in [2.05, 4.69) is 26.5 Å². The molecule has 9 heteroatoms. The Morgan fingerprint density at radius 3 is 2.56 bits per heavy atom. The van der Waals surface area contributed by atoms with Crippen LogP contribution in [0.5, 0.6) is 11.5 Å². The summed E-state index contributed by atoms with van der Waals surface area (Å²) in [5.74, 6) is 0.679. The van der Waals surface area contributed by atoms with Gasteiger partial charge in [0, 0.05) is 17.7 Å². The van der Waals surface area contributed by atoms with Gasteiger partial charge in [0.15, 0.2) is 11.5 Å². The highest BCUT2D eigenvalue weighted by atomic mass is 79.9. The lowest BCUT2D eigenvalue weighted by Crippen LogP contribution is -2.17. The van der Waals surface area contributed by atoms with E-state index in [4.69, 9.17) is 9.47 Å². The van der Waals surface area contributed by atoms with Gasteiger partial charge in [-0.3, -0.25) is 14.9 Å². The second-order valence-corrected chi connectivity index (χ2v) is 8.56. The molecule has 0 aliphatic heterocycles. The minimum Gasteiger partial charge on any atom is -0.490 e. The minimum absolute atomic E-state index is 0.0196. The van der Waals surface area contributed by atoms with E-state index in [-0.39, 0.29) is 18.2 Å². The van der Waals surface area contributed by atoms with Crippen LogP contribution in [0.25, 0.3) is 10.8 Å². The van der Waals surface area contributed by atoms with Gasteiger partial charge in [0.25, 0.3) is 11.6 Å². The molecular weight excluding hydrogens is 526 g/mol. The van der Waals surface area contributed by atoms with E-state index in [1.165, 1.54) is 18.3 Å². The number of carbonyl (C=O) groups excluding carboxylic acids is 1. The summed E-state index contributed by atoms with van der Waals surface area (Å²) >= 11 is 3.51. The summed E-state index contributed by atoms with van der Waals surface area (Å²) in [6.45, 7) is 2.48. The molecule has 0 spiro atoms. The highest BCUT2D eigenvalue weighted by Crippen LogP contribution is 2.37. The predicted octanol–water partition coefficient (Wildman–Crippen LogP) is 6.25. The Bertz CT molecular complexity index is 1430. The molecule has 4 aromatic carbocycles. The van der Waals surface area contributed by atoms with E-state index in [9.17, 15) is 14.9 Å². The Hall–Kier alpha value is -4.24. The van der Waals surface area contributed by atoms with Crippen LogP contribution in [0.15, 0.2) is 88.4 Å². The Morgan fingerprint density at radius 2 is 1.81 bits per heavy atom. The van der Waals surface area contributed by atoms with Crippen LogP contribution in [0.3, 0.4) is 0 Å². The molecule has 8 nitrogen and oxygen atoms in total. The van der Waals surface area contributed by atoms with E-state index < -0.39 is 4.92 Å². The van der Waals surface area contributed by atoms with Gasteiger partial charge < -0.3 is 9.47 Å². The van der Waals surface area contributed by atoms with Crippen molar-refractivity contribution in [3.63, 3.8) is 0 Å². The summed E-state index contributed by atoms with van der Waals surface area (Å²) in [4.78, 5) is 23.1. The van der Waals surface area contributed by atoms with E-state index in [0.29, 0.717) is 33.7 Å². The fourth-order valence-corrected chi connectivity index (χ4v) is 4.16. The number of hydrogen-bond acceptors (Lipinski definition) is 6. The summed E-state index contributed by atoms with van der Waals surface area (Å²) in [7, 11) is 0. The van der Waals surface area contributed by atoms with Crippen molar-refractivity contribution < 1.29 is 19.2 Å². The molecule has 0 saturated heterocycles. The van der Waals surface area contributed by atoms with Crippen LogP contribution >= 0.6 is 15.9 Å². The number of hydrogen-bond donors (Lipinski definition) is 1. The summed E-state index contributed by atoms with van der Waals surface area (Å²) < 4.78 is 12.3. The first-order valence-corrected chi connectivity index (χ1v) is 11.9. The Balaban J connectivity index is 1.47. The molecule has 0 unspecified atom stereocenters. The number of nitrogens with one attached hydrogen (secondary N) is 1. The summed E-state index contributed by atoms with van der Waals surface area (Å²) in [6, 6.07) is 22.9. The molecule has 0 radical (unpaired) electrons. The van der Waals surface area contributed by atoms with Crippen molar-refractivity contribution >= 4 is 44.5 Å². The second kappa shape index (κ2) is 11.5. The number of rotatable bonds is 9. The summed E-state index contributed by atoms with van der Waals surface area (Å²) in [5, 5.41) is 16.8. The van der Waals surface area contributed by atoms with Crippen molar-refractivity contribution in [1.82, 2.24) is 5.43 Å². The molecule has 0 heterocycles. The van der Waals surface area contributed by atoms with E-state index in [1.54, 1.807) is 30.3 Å². The van der Waals surface area contributed by atoms with Crippen molar-refractivity contribution in [2.45, 2.75) is 13.5 Å². The molecular formula is C27H22BrN3O5. The fraction of sp³-hybridized carbons (Fsp3) is 0.111. The van der Waals surface area contributed by atoms with Crippen LogP contribution in [0.1, 0.15) is 28.4 Å². The maximum absolute atomic E-state index is 12.7. The highest BCUT2D eigenvalue weighted by molar-refractivity contribution is 9.10. The van der Waals surface area contributed by atoms with Crippen LogP contribution in [0.2, 0.25) is 0 Å². The number of nitro benzene ring substituents is 1. The van der Waals surface area contributed by atoms with Crippen molar-refractivity contribution in [3.8, 4) is 11.5 Å². The maximum Gasteiger partial charge on any atom is 0.271 e. The van der Waals surface area contributed by atoms with Gasteiger partial charge in [0.05, 0.1) is 22.2 Å². The molecule has 0 saturated carbocycles. The first kappa shape index (κ1) is 24.9. The largest absolute Gasteiger partial charge is 0.490 e. The zero-order valence-corrected chi connectivity index (χ0v) is 20.9. The average Bonchev–Trinajstić information content (AvgIpc) is 2.88. The van der Waals surface area contributed by atoms with E-state index in [1.807, 2.05) is 43.3 Å². The number of fused-ring (bicyclic) bond motifs is 1. The van der Waals surface area contributed by atoms with Crippen molar-refractivity contribution in [1.29, 1.82) is 0 Å². The van der Waals surface area contributed by atoms with Gasteiger partial charge in [0.2, 0.25) is 0 Å². The van der Waals surface area contributed by atoms with Gasteiger partial charge in [-0.15, -0.1) is 0 Å². The first-order valence-electron chi connectivity index (χ1n) is 11.1. The van der Waals surface area contributed by atoms with Gasteiger partial charge in [-0.2, -0.15) is 5.10 Å². The summed E-state index contributed by atoms with van der Waals surface area (Å²) in [6.07, 6.45) is 1.52. The molecule has 1 N–H and O–H groups in total. The third-order valence-electron chi connectivity index (χ3n) is 5.28. The lowest BCUT2D eigenvalue weighted by molar-refractivity contribution is -0.384. The fourth-order valence-electron chi connectivity index (χ4n) is 3.58. The van der Waals surface area contributed by atoms with E-state index in [0.717, 1.165) is 16.3 Å². The number of non-ortho nitro benzene ring substituents is 1. The number of amides is 1. The van der Waals surface area contributed by atoms with E-state index >= 15 is 0 Å². The van der Waals surface area contributed by atoms with Crippen LogP contribution in [0, 0.1) is 10.1 Å². The molecule has 4 rings (SSSR count). The van der Waals surface area contributed by atoms with Crippen molar-refractivity contribution in [3.05, 3.63) is 110 Å². The van der Waals surface area contributed by atoms with Crippen LogP contribution in [-0.2, 0) is 6.61 Å². The third-order valence-corrected chi connectivity index (χ3v) is 5.87. The quantitative estimate of drug-likeness (QED) is 0.151. The number of benzene rings is 4. The number of ether oxygens (including phenoxy) is 2. The second-order valence-electron chi connectivity index (χ2n) is 7.70. The van der Waals surface area contributed by atoms with Gasteiger partial charge in [-0.1, -0.05) is 36.4 Å². The SMILES string of the molecule is CCOc1cc(/C=N\NC(=O)c2cccc3ccccc23)cc(Br)c1OCc1ccc([N+](=O)[O-])cc1. The van der Waals surface area contributed by atoms with Crippen molar-refractivity contribution in [2.75, 3.05) is 6.61 Å². The topological polar surface area (TPSA) is 103 Å². The molecule has 0 bridgehead atoms. The summed E-state index contributed by atoms with van der Waals surface area (Å²) in [5.41, 5.74) is 4.60. The maximum atomic E-state index is 12.7. The lowest BCUT2D eigenvalue weighted by Gasteiger charge is -2.14. The smallest absolute Gasteiger partial charge is 0.271 e. The Kier molecular flexibility index (Phi) is 7.92. The monoisotopic (exact) mass is 547 g/mol. The van der Waals surface area contributed by atoms with Gasteiger partial charge in [-0.05, 0) is 75.1 Å². The average molecular weight is 548 g/mol. The zero-order valence-electron chi connectivity index (χ0n) is 19.3. The van der Waals surface area contributed by atoms with Crippen LogP contribution in [0.4, 0.5) is 5.69 Å². The predicted molar refractivity (Wildman–Crippen MR) is 142 cm³/mol. The molecule has 0 aromatic heterocycles. The molecule has 36 heavy (non-hydrogen) atoms. The van der Waals surface area contributed by atoms with Gasteiger partial charge in [-0.25, -0.2) is 5.43 Å². The number of halogens is 1. The Morgan fingerprint density at radius 1 is 1.06 bits per heavy atom. The van der Waals surface area contributed by atoms with Gasteiger partial charge >= 0.3 is 0 Å². The normalized spacial score (nSPS) is 10.9. The molecule has 0 fully saturated rings. The molecule has 0 aliphatic rings. The molecule has 1 amide bonds. The van der Waals surface area contributed by atoms with Crippen LogP contribution in [-0.4, -0.2) is 23.7 Å². The lowest BCUT2D eigenvalue weighted by atomic mass is 10.0. The zero-order chi connectivity index (χ0) is 25.5. The highest BCUT2D eigenvalue weighted by Gasteiger charge is 2.13. The first-order chi connectivity index (χ1) is 17.5. The number of hydrazone groups is 1. The number of carbonyl (C=O) groups is 1. The molecule has 0 atom stereocenters. The number of nitro groups is 1.